The fourth-order valence-electron chi connectivity index (χ4n) is 3.28. The Kier molecular flexibility index (Phi) is 4.58. The maximum Gasteiger partial charge on any atom is 0.233 e. The van der Waals surface area contributed by atoms with Gasteiger partial charge in [-0.15, -0.1) is 0 Å². The number of hydrogen-bond donors (Lipinski definition) is 3. The molecule has 29 heavy (non-hydrogen) atoms. The van der Waals surface area contributed by atoms with Crippen molar-refractivity contribution in [1.82, 2.24) is 25.1 Å². The van der Waals surface area contributed by atoms with E-state index in [4.69, 9.17) is 11.6 Å². The highest BCUT2D eigenvalue weighted by Gasteiger charge is 2.29. The largest absolute Gasteiger partial charge is 0.347 e. The van der Waals surface area contributed by atoms with Crippen LogP contribution >= 0.6 is 11.6 Å². The highest BCUT2D eigenvalue weighted by atomic mass is 35.5. The average molecular weight is 414 g/mol. The molecule has 1 aromatic carbocycles. The SMILES string of the molecule is C[C@@H](Nc1nc(Nc2cc(C3CC3)[nH]n2)nc(C2CC2)n1)c1ccc(F)cc1Cl. The van der Waals surface area contributed by atoms with Crippen LogP contribution in [0.3, 0.4) is 0 Å². The zero-order valence-corrected chi connectivity index (χ0v) is 16.7. The van der Waals surface area contributed by atoms with E-state index in [9.17, 15) is 4.39 Å². The highest BCUT2D eigenvalue weighted by molar-refractivity contribution is 6.31. The highest BCUT2D eigenvalue weighted by Crippen LogP contribution is 2.40. The predicted molar refractivity (Wildman–Crippen MR) is 109 cm³/mol. The van der Waals surface area contributed by atoms with E-state index < -0.39 is 0 Å². The lowest BCUT2D eigenvalue weighted by Crippen LogP contribution is -2.13. The van der Waals surface area contributed by atoms with Gasteiger partial charge in [0.15, 0.2) is 5.82 Å². The lowest BCUT2D eigenvalue weighted by Gasteiger charge is -2.16. The molecule has 2 saturated carbocycles. The Morgan fingerprint density at radius 3 is 2.55 bits per heavy atom. The molecule has 2 aliphatic rings. The third kappa shape index (κ3) is 4.17. The first-order valence-electron chi connectivity index (χ1n) is 9.85. The molecule has 3 aromatic rings. The minimum Gasteiger partial charge on any atom is -0.347 e. The third-order valence-electron chi connectivity index (χ3n) is 5.22. The Balaban J connectivity index is 1.38. The molecule has 0 saturated heterocycles. The number of hydrogen-bond acceptors (Lipinski definition) is 6. The molecular weight excluding hydrogens is 393 g/mol. The van der Waals surface area contributed by atoms with Gasteiger partial charge < -0.3 is 10.6 Å². The number of rotatable bonds is 7. The number of aromatic nitrogens is 5. The molecule has 1 atom stereocenters. The fourth-order valence-corrected chi connectivity index (χ4v) is 3.61. The topological polar surface area (TPSA) is 91.4 Å². The van der Waals surface area contributed by atoms with Crippen LogP contribution in [0.25, 0.3) is 0 Å². The second kappa shape index (κ2) is 7.26. The van der Waals surface area contributed by atoms with Crippen molar-refractivity contribution in [3.63, 3.8) is 0 Å². The molecule has 3 N–H and O–H groups in total. The van der Waals surface area contributed by atoms with E-state index in [1.807, 2.05) is 13.0 Å². The number of nitrogens with one attached hydrogen (secondary N) is 3. The van der Waals surface area contributed by atoms with Gasteiger partial charge in [0.1, 0.15) is 11.6 Å². The first-order chi connectivity index (χ1) is 14.0. The lowest BCUT2D eigenvalue weighted by atomic mass is 10.1. The van der Waals surface area contributed by atoms with Crippen LogP contribution in [0.2, 0.25) is 5.02 Å². The molecule has 150 valence electrons. The minimum atomic E-state index is -0.363. The zero-order valence-electron chi connectivity index (χ0n) is 15.9. The summed E-state index contributed by atoms with van der Waals surface area (Å²) in [4.78, 5) is 13.6. The molecule has 2 aromatic heterocycles. The van der Waals surface area contributed by atoms with Crippen molar-refractivity contribution >= 4 is 29.3 Å². The van der Waals surface area contributed by atoms with Gasteiger partial charge in [-0.3, -0.25) is 5.10 Å². The van der Waals surface area contributed by atoms with Crippen LogP contribution in [0.5, 0.6) is 0 Å². The average Bonchev–Trinajstić information content (AvgIpc) is 3.60. The van der Waals surface area contributed by atoms with Gasteiger partial charge in [0, 0.05) is 28.6 Å². The molecular formula is C20H21ClFN7. The quantitative estimate of drug-likeness (QED) is 0.501. The first kappa shape index (κ1) is 18.3. The molecule has 9 heteroatoms. The van der Waals surface area contributed by atoms with Crippen LogP contribution in [0, 0.1) is 5.82 Å². The minimum absolute atomic E-state index is 0.197. The fraction of sp³-hybridized carbons (Fsp3) is 0.400. The number of anilines is 3. The van der Waals surface area contributed by atoms with Crippen LogP contribution in [0.1, 0.15) is 67.6 Å². The van der Waals surface area contributed by atoms with Crippen LogP contribution in [-0.4, -0.2) is 25.1 Å². The summed E-state index contributed by atoms with van der Waals surface area (Å²) in [5.74, 6) is 2.96. The Labute approximate surface area is 172 Å². The molecule has 0 unspecified atom stereocenters. The van der Waals surface area contributed by atoms with Gasteiger partial charge >= 0.3 is 0 Å². The van der Waals surface area contributed by atoms with E-state index in [0.717, 1.165) is 29.9 Å². The van der Waals surface area contributed by atoms with Gasteiger partial charge in [0.25, 0.3) is 0 Å². The first-order valence-corrected chi connectivity index (χ1v) is 10.2. The van der Waals surface area contributed by atoms with E-state index in [1.165, 1.54) is 25.0 Å². The summed E-state index contributed by atoms with van der Waals surface area (Å²) >= 11 is 6.20. The summed E-state index contributed by atoms with van der Waals surface area (Å²) in [6, 6.07) is 6.18. The van der Waals surface area contributed by atoms with E-state index in [0.29, 0.717) is 34.6 Å². The Morgan fingerprint density at radius 2 is 1.83 bits per heavy atom. The molecule has 0 aliphatic heterocycles. The van der Waals surface area contributed by atoms with Gasteiger partial charge in [0.2, 0.25) is 11.9 Å². The smallest absolute Gasteiger partial charge is 0.233 e. The van der Waals surface area contributed by atoms with Gasteiger partial charge in [-0.2, -0.15) is 20.1 Å². The van der Waals surface area contributed by atoms with Gasteiger partial charge in [-0.1, -0.05) is 17.7 Å². The second-order valence-corrected chi connectivity index (χ2v) is 8.16. The Hall–Kier alpha value is -2.74. The summed E-state index contributed by atoms with van der Waals surface area (Å²) in [5, 5.41) is 14.2. The predicted octanol–water partition coefficient (Wildman–Crippen LogP) is 5.06. The molecule has 0 amide bonds. The number of aromatic amines is 1. The molecule has 0 radical (unpaired) electrons. The maximum atomic E-state index is 13.3. The lowest BCUT2D eigenvalue weighted by molar-refractivity contribution is 0.626. The maximum absolute atomic E-state index is 13.3. The van der Waals surface area contributed by atoms with Crippen molar-refractivity contribution in [2.45, 2.75) is 50.5 Å². The number of nitrogens with zero attached hydrogens (tertiary/aromatic N) is 4. The van der Waals surface area contributed by atoms with Gasteiger partial charge in [0.05, 0.1) is 6.04 Å². The molecule has 7 nitrogen and oxygen atoms in total. The summed E-state index contributed by atoms with van der Waals surface area (Å²) in [6.07, 6.45) is 4.57. The standard InChI is InChI=1S/C20H21ClFN7/c1-10(14-7-6-13(22)8-15(14)21)23-19-25-18(12-4-5-12)26-20(27-19)24-17-9-16(28-29-17)11-2-3-11/h6-12H,2-5H2,1H3,(H3,23,24,25,26,27,28,29)/t10-/m1/s1. The summed E-state index contributed by atoms with van der Waals surface area (Å²) in [7, 11) is 0. The molecule has 0 bridgehead atoms. The van der Waals surface area contributed by atoms with Gasteiger partial charge in [-0.05, 0) is 50.3 Å². The van der Waals surface area contributed by atoms with Crippen LogP contribution in [-0.2, 0) is 0 Å². The Bertz CT molecular complexity index is 1050. The zero-order chi connectivity index (χ0) is 20.0. The Morgan fingerprint density at radius 1 is 1.07 bits per heavy atom. The third-order valence-corrected chi connectivity index (χ3v) is 5.55. The van der Waals surface area contributed by atoms with Crippen molar-refractivity contribution in [2.24, 2.45) is 0 Å². The van der Waals surface area contributed by atoms with Crippen LogP contribution in [0.15, 0.2) is 24.3 Å². The molecule has 2 heterocycles. The molecule has 0 spiro atoms. The van der Waals surface area contributed by atoms with E-state index in [1.54, 1.807) is 6.07 Å². The monoisotopic (exact) mass is 413 g/mol. The number of H-pyrrole nitrogens is 1. The van der Waals surface area contributed by atoms with Crippen molar-refractivity contribution in [1.29, 1.82) is 0 Å². The number of halogens is 2. The second-order valence-electron chi connectivity index (χ2n) is 7.75. The summed E-state index contributed by atoms with van der Waals surface area (Å²) in [5.41, 5.74) is 1.92. The molecule has 2 fully saturated rings. The molecule has 2 aliphatic carbocycles. The van der Waals surface area contributed by atoms with E-state index in [-0.39, 0.29) is 11.9 Å². The van der Waals surface area contributed by atoms with Crippen molar-refractivity contribution in [2.75, 3.05) is 10.6 Å². The van der Waals surface area contributed by atoms with Crippen LogP contribution in [0.4, 0.5) is 22.1 Å². The summed E-state index contributed by atoms with van der Waals surface area (Å²) in [6.45, 7) is 1.93. The van der Waals surface area contributed by atoms with E-state index >= 15 is 0 Å². The van der Waals surface area contributed by atoms with E-state index in [2.05, 4.69) is 35.8 Å². The van der Waals surface area contributed by atoms with Crippen molar-refractivity contribution in [3.05, 3.63) is 52.2 Å². The molecule has 5 rings (SSSR count). The van der Waals surface area contributed by atoms with Crippen LogP contribution < -0.4 is 10.6 Å². The summed E-state index contributed by atoms with van der Waals surface area (Å²) < 4.78 is 13.3. The number of benzene rings is 1. The van der Waals surface area contributed by atoms with Crippen molar-refractivity contribution < 1.29 is 4.39 Å². The van der Waals surface area contributed by atoms with Crippen molar-refractivity contribution in [3.8, 4) is 0 Å². The van der Waals surface area contributed by atoms with Gasteiger partial charge in [-0.25, -0.2) is 4.39 Å². The normalized spacial score (nSPS) is 17.2.